The van der Waals surface area contributed by atoms with Gasteiger partial charge >= 0.3 is 0 Å². The van der Waals surface area contributed by atoms with Crippen LogP contribution in [0.1, 0.15) is 19.4 Å². The van der Waals surface area contributed by atoms with Crippen molar-refractivity contribution in [2.24, 2.45) is 0 Å². The van der Waals surface area contributed by atoms with Gasteiger partial charge in [0.25, 0.3) is 0 Å². The molecule has 1 aromatic rings. The van der Waals surface area contributed by atoms with Crippen LogP contribution in [-0.2, 0) is 16.6 Å². The molecule has 114 valence electrons. The van der Waals surface area contributed by atoms with E-state index >= 15 is 0 Å². The van der Waals surface area contributed by atoms with Gasteiger partial charge in [-0.05, 0) is 24.0 Å². The van der Waals surface area contributed by atoms with Crippen molar-refractivity contribution < 1.29 is 8.42 Å². The quantitative estimate of drug-likeness (QED) is 0.798. The van der Waals surface area contributed by atoms with Crippen LogP contribution in [-0.4, -0.2) is 44.4 Å². The zero-order valence-electron chi connectivity index (χ0n) is 12.6. The summed E-state index contributed by atoms with van der Waals surface area (Å²) >= 11 is 1.64. The molecule has 1 N–H and O–H groups in total. The van der Waals surface area contributed by atoms with Gasteiger partial charge in [-0.2, -0.15) is 11.8 Å². The number of hydrogen-bond donors (Lipinski definition) is 1. The molecule has 0 heterocycles. The Morgan fingerprint density at radius 1 is 1.25 bits per heavy atom. The molecule has 0 fully saturated rings. The van der Waals surface area contributed by atoms with Crippen LogP contribution in [0.2, 0.25) is 0 Å². The zero-order chi connectivity index (χ0) is 15.2. The average molecular weight is 316 g/mol. The van der Waals surface area contributed by atoms with Crippen LogP contribution in [0.15, 0.2) is 29.2 Å². The fraction of sp³-hybridized carbons (Fsp3) is 0.571. The lowest BCUT2D eigenvalue weighted by atomic mass is 10.2. The Labute approximate surface area is 127 Å². The SMILES string of the molecule is CSCCN(C)S(=O)(=O)c1ccc(CNC(C)C)cc1. The van der Waals surface area contributed by atoms with Crippen LogP contribution in [0, 0.1) is 0 Å². The minimum atomic E-state index is -3.36. The number of hydrogen-bond acceptors (Lipinski definition) is 4. The molecule has 6 heteroatoms. The first-order chi connectivity index (χ1) is 9.37. The van der Waals surface area contributed by atoms with Gasteiger partial charge in [-0.3, -0.25) is 0 Å². The molecule has 1 aromatic carbocycles. The van der Waals surface area contributed by atoms with Crippen molar-refractivity contribution >= 4 is 21.8 Å². The molecular formula is C14H24N2O2S2. The first kappa shape index (κ1) is 17.5. The third kappa shape index (κ3) is 5.09. The van der Waals surface area contributed by atoms with Gasteiger partial charge in [-0.25, -0.2) is 12.7 Å². The molecular weight excluding hydrogens is 292 g/mol. The van der Waals surface area contributed by atoms with Crippen molar-refractivity contribution in [2.45, 2.75) is 31.3 Å². The maximum Gasteiger partial charge on any atom is 0.242 e. The molecule has 0 amide bonds. The first-order valence-corrected chi connectivity index (χ1v) is 9.49. The van der Waals surface area contributed by atoms with Gasteiger partial charge in [-0.15, -0.1) is 0 Å². The van der Waals surface area contributed by atoms with E-state index in [-0.39, 0.29) is 0 Å². The lowest BCUT2D eigenvalue weighted by molar-refractivity contribution is 0.488. The summed E-state index contributed by atoms with van der Waals surface area (Å²) in [6.45, 7) is 5.44. The van der Waals surface area contributed by atoms with Gasteiger partial charge in [0.2, 0.25) is 10.0 Å². The molecule has 0 atom stereocenters. The number of nitrogens with zero attached hydrogens (tertiary/aromatic N) is 1. The van der Waals surface area contributed by atoms with E-state index < -0.39 is 10.0 Å². The average Bonchev–Trinajstić information content (AvgIpc) is 2.42. The van der Waals surface area contributed by atoms with Crippen LogP contribution >= 0.6 is 11.8 Å². The van der Waals surface area contributed by atoms with Crippen molar-refractivity contribution in [2.75, 3.05) is 25.6 Å². The molecule has 1 rings (SSSR count). The summed E-state index contributed by atoms with van der Waals surface area (Å²) in [4.78, 5) is 0.356. The van der Waals surface area contributed by atoms with Gasteiger partial charge in [0, 0.05) is 31.9 Å². The number of sulfonamides is 1. The molecule has 0 aromatic heterocycles. The third-order valence-electron chi connectivity index (χ3n) is 2.96. The molecule has 0 unspecified atom stereocenters. The van der Waals surface area contributed by atoms with E-state index in [9.17, 15) is 8.42 Å². The second-order valence-electron chi connectivity index (χ2n) is 5.00. The summed E-state index contributed by atoms with van der Waals surface area (Å²) in [6.07, 6.45) is 1.97. The van der Waals surface area contributed by atoms with E-state index in [0.29, 0.717) is 17.5 Å². The van der Waals surface area contributed by atoms with Crippen molar-refractivity contribution in [1.29, 1.82) is 0 Å². The minimum Gasteiger partial charge on any atom is -0.310 e. The summed E-state index contributed by atoms with van der Waals surface area (Å²) in [5.74, 6) is 0.798. The highest BCUT2D eigenvalue weighted by molar-refractivity contribution is 7.98. The van der Waals surface area contributed by atoms with Gasteiger partial charge in [0.1, 0.15) is 0 Å². The Balaban J connectivity index is 2.76. The van der Waals surface area contributed by atoms with Crippen LogP contribution in [0.5, 0.6) is 0 Å². The van der Waals surface area contributed by atoms with Crippen molar-refractivity contribution in [3.8, 4) is 0 Å². The van der Waals surface area contributed by atoms with E-state index in [1.807, 2.05) is 18.4 Å². The summed E-state index contributed by atoms with van der Waals surface area (Å²) in [5, 5.41) is 3.31. The highest BCUT2D eigenvalue weighted by atomic mass is 32.2. The van der Waals surface area contributed by atoms with E-state index in [2.05, 4.69) is 19.2 Å². The lowest BCUT2D eigenvalue weighted by Crippen LogP contribution is -2.29. The monoisotopic (exact) mass is 316 g/mol. The molecule has 0 spiro atoms. The van der Waals surface area contributed by atoms with E-state index in [1.54, 1.807) is 30.9 Å². The first-order valence-electron chi connectivity index (χ1n) is 6.65. The Hall–Kier alpha value is -0.560. The van der Waals surface area contributed by atoms with Crippen molar-refractivity contribution in [3.63, 3.8) is 0 Å². The summed E-state index contributed by atoms with van der Waals surface area (Å²) < 4.78 is 26.0. The molecule has 4 nitrogen and oxygen atoms in total. The van der Waals surface area contributed by atoms with Crippen molar-refractivity contribution in [1.82, 2.24) is 9.62 Å². The fourth-order valence-corrected chi connectivity index (χ4v) is 3.36. The van der Waals surface area contributed by atoms with Crippen molar-refractivity contribution in [3.05, 3.63) is 29.8 Å². The second kappa shape index (κ2) is 8.02. The normalized spacial score (nSPS) is 12.3. The smallest absolute Gasteiger partial charge is 0.242 e. The molecule has 0 saturated heterocycles. The van der Waals surface area contributed by atoms with Crippen LogP contribution in [0.3, 0.4) is 0 Å². The number of benzene rings is 1. The molecule has 0 radical (unpaired) electrons. The number of nitrogens with one attached hydrogen (secondary N) is 1. The Morgan fingerprint density at radius 3 is 2.35 bits per heavy atom. The van der Waals surface area contributed by atoms with E-state index in [0.717, 1.165) is 17.9 Å². The summed E-state index contributed by atoms with van der Waals surface area (Å²) in [5.41, 5.74) is 1.09. The molecule has 20 heavy (non-hydrogen) atoms. The lowest BCUT2D eigenvalue weighted by Gasteiger charge is -2.17. The van der Waals surface area contributed by atoms with Gasteiger partial charge < -0.3 is 5.32 Å². The van der Waals surface area contributed by atoms with Crippen LogP contribution in [0.25, 0.3) is 0 Å². The van der Waals surface area contributed by atoms with Crippen LogP contribution in [0.4, 0.5) is 0 Å². The third-order valence-corrected chi connectivity index (χ3v) is 5.42. The Kier molecular flexibility index (Phi) is 7.02. The predicted molar refractivity (Wildman–Crippen MR) is 86.6 cm³/mol. The molecule has 0 saturated carbocycles. The topological polar surface area (TPSA) is 49.4 Å². The zero-order valence-corrected chi connectivity index (χ0v) is 14.2. The standard InChI is InChI=1S/C14H24N2O2S2/c1-12(2)15-11-13-5-7-14(8-6-13)20(17,18)16(3)9-10-19-4/h5-8,12,15H,9-11H2,1-4H3. The van der Waals surface area contributed by atoms with Crippen LogP contribution < -0.4 is 5.32 Å². The largest absolute Gasteiger partial charge is 0.310 e. The van der Waals surface area contributed by atoms with Gasteiger partial charge in [0.15, 0.2) is 0 Å². The molecule has 0 aliphatic rings. The Morgan fingerprint density at radius 2 is 1.85 bits per heavy atom. The second-order valence-corrected chi connectivity index (χ2v) is 8.03. The van der Waals surface area contributed by atoms with E-state index in [1.165, 1.54) is 4.31 Å². The highest BCUT2D eigenvalue weighted by Crippen LogP contribution is 2.15. The number of rotatable bonds is 8. The van der Waals surface area contributed by atoms with Gasteiger partial charge in [0.05, 0.1) is 4.90 Å². The minimum absolute atomic E-state index is 0.356. The van der Waals surface area contributed by atoms with Gasteiger partial charge in [-0.1, -0.05) is 26.0 Å². The Bertz CT molecular complexity index is 498. The fourth-order valence-electron chi connectivity index (χ4n) is 1.62. The van der Waals surface area contributed by atoms with E-state index in [4.69, 9.17) is 0 Å². The highest BCUT2D eigenvalue weighted by Gasteiger charge is 2.19. The maximum atomic E-state index is 12.3. The molecule has 0 bridgehead atoms. The summed E-state index contributed by atoms with van der Waals surface area (Å²) in [7, 11) is -1.73. The predicted octanol–water partition coefficient (Wildman–Crippen LogP) is 2.17. The number of thioether (sulfide) groups is 1. The molecule has 0 aliphatic carbocycles. The summed E-state index contributed by atoms with van der Waals surface area (Å²) in [6, 6.07) is 7.51. The maximum absolute atomic E-state index is 12.3. The molecule has 0 aliphatic heterocycles.